The summed E-state index contributed by atoms with van der Waals surface area (Å²) in [5, 5.41) is 0. The van der Waals surface area contributed by atoms with Gasteiger partial charge in [-0.3, -0.25) is 0 Å². The second-order valence-electron chi connectivity index (χ2n) is 3.35. The normalized spacial score (nSPS) is 11.7. The van der Waals surface area contributed by atoms with E-state index in [2.05, 4.69) is 35.1 Å². The van der Waals surface area contributed by atoms with Crippen LogP contribution in [0.1, 0.15) is 24.6 Å². The fourth-order valence-electron chi connectivity index (χ4n) is 1.60. The predicted molar refractivity (Wildman–Crippen MR) is 62.4 cm³/mol. The third kappa shape index (κ3) is 2.15. The lowest BCUT2D eigenvalue weighted by molar-refractivity contribution is 1.21. The molecular weight excluding hydrogens is 184 g/mol. The fourth-order valence-corrected chi connectivity index (χ4v) is 1.60. The monoisotopic (exact) mass is 198 g/mol. The predicted octanol–water partition coefficient (Wildman–Crippen LogP) is 3.25. The zero-order chi connectivity index (χ0) is 10.5. The Hall–Kier alpha value is -1.83. The van der Waals surface area contributed by atoms with Gasteiger partial charge in [-0.25, -0.2) is 4.98 Å². The minimum absolute atomic E-state index is 1.00. The molecule has 76 valence electrons. The second kappa shape index (κ2) is 4.60. The molecule has 0 fully saturated rings. The average molecular weight is 198 g/mol. The van der Waals surface area contributed by atoms with Crippen LogP contribution in [0.4, 0.5) is 0 Å². The topological polar surface area (TPSA) is 28.7 Å². The third-order valence-corrected chi connectivity index (χ3v) is 2.27. The van der Waals surface area contributed by atoms with Gasteiger partial charge in [0.25, 0.3) is 0 Å². The number of imidazole rings is 1. The molecule has 0 amide bonds. The third-order valence-electron chi connectivity index (χ3n) is 2.27. The number of nitrogens with zero attached hydrogens (tertiary/aromatic N) is 1. The minimum Gasteiger partial charge on any atom is -0.351 e. The lowest BCUT2D eigenvalue weighted by Gasteiger charge is -2.03. The van der Waals surface area contributed by atoms with E-state index in [1.54, 1.807) is 6.33 Å². The lowest BCUT2D eigenvalue weighted by Crippen LogP contribution is -1.87. The van der Waals surface area contributed by atoms with Gasteiger partial charge in [0.15, 0.2) is 0 Å². The summed E-state index contributed by atoms with van der Waals surface area (Å²) in [7, 11) is 0. The standard InChI is InChI=1S/C13H14N2/c1-2-6-12(13-9-14-10-15-13)11-7-4-3-5-8-11/h3-10H,2H2,1H3,(H,14,15). The van der Waals surface area contributed by atoms with Gasteiger partial charge in [-0.2, -0.15) is 0 Å². The summed E-state index contributed by atoms with van der Waals surface area (Å²) in [5.41, 5.74) is 3.41. The zero-order valence-corrected chi connectivity index (χ0v) is 8.77. The average Bonchev–Trinajstić information content (AvgIpc) is 2.80. The molecule has 0 radical (unpaired) electrons. The van der Waals surface area contributed by atoms with E-state index in [-0.39, 0.29) is 0 Å². The maximum atomic E-state index is 4.29. The van der Waals surface area contributed by atoms with Gasteiger partial charge in [0.2, 0.25) is 0 Å². The van der Waals surface area contributed by atoms with Crippen LogP contribution in [-0.2, 0) is 0 Å². The fraction of sp³-hybridized carbons (Fsp3) is 0.154. The van der Waals surface area contributed by atoms with Gasteiger partial charge in [-0.1, -0.05) is 43.3 Å². The molecular formula is C13H14N2. The van der Waals surface area contributed by atoms with Crippen LogP contribution in [0.2, 0.25) is 0 Å². The van der Waals surface area contributed by atoms with E-state index < -0.39 is 0 Å². The van der Waals surface area contributed by atoms with Gasteiger partial charge < -0.3 is 4.98 Å². The van der Waals surface area contributed by atoms with Crippen molar-refractivity contribution in [3.63, 3.8) is 0 Å². The number of hydrogen-bond acceptors (Lipinski definition) is 1. The van der Waals surface area contributed by atoms with E-state index in [1.165, 1.54) is 11.1 Å². The Morgan fingerprint density at radius 3 is 2.73 bits per heavy atom. The molecule has 0 aliphatic heterocycles. The Bertz CT molecular complexity index is 427. The first-order chi connectivity index (χ1) is 7.42. The van der Waals surface area contributed by atoms with Crippen LogP contribution in [-0.4, -0.2) is 9.97 Å². The molecule has 1 N–H and O–H groups in total. The summed E-state index contributed by atoms with van der Waals surface area (Å²) in [6, 6.07) is 10.3. The van der Waals surface area contributed by atoms with Gasteiger partial charge in [-0.15, -0.1) is 0 Å². The molecule has 0 saturated heterocycles. The summed E-state index contributed by atoms with van der Waals surface area (Å²) >= 11 is 0. The summed E-state index contributed by atoms with van der Waals surface area (Å²) in [6.45, 7) is 2.13. The van der Waals surface area contributed by atoms with Gasteiger partial charge >= 0.3 is 0 Å². The Morgan fingerprint density at radius 2 is 2.13 bits per heavy atom. The van der Waals surface area contributed by atoms with E-state index in [0.717, 1.165) is 12.1 Å². The molecule has 0 bridgehead atoms. The van der Waals surface area contributed by atoms with Gasteiger partial charge in [0, 0.05) is 11.8 Å². The van der Waals surface area contributed by atoms with Crippen LogP contribution >= 0.6 is 0 Å². The highest BCUT2D eigenvalue weighted by Gasteiger charge is 2.04. The van der Waals surface area contributed by atoms with E-state index in [0.29, 0.717) is 0 Å². The van der Waals surface area contributed by atoms with Gasteiger partial charge in [0.1, 0.15) is 0 Å². The van der Waals surface area contributed by atoms with Crippen LogP contribution in [0.15, 0.2) is 48.9 Å². The van der Waals surface area contributed by atoms with Crippen molar-refractivity contribution in [2.45, 2.75) is 13.3 Å². The molecule has 0 saturated carbocycles. The van der Waals surface area contributed by atoms with E-state index >= 15 is 0 Å². The molecule has 2 rings (SSSR count). The van der Waals surface area contributed by atoms with Crippen molar-refractivity contribution in [1.29, 1.82) is 0 Å². The SMILES string of the molecule is CCC=C(c1ccccc1)c1c[nH]cn1. The van der Waals surface area contributed by atoms with Gasteiger partial charge in [-0.05, 0) is 12.0 Å². The van der Waals surface area contributed by atoms with Crippen LogP contribution in [0.5, 0.6) is 0 Å². The Labute approximate surface area is 89.7 Å². The number of benzene rings is 1. The van der Waals surface area contributed by atoms with E-state index in [4.69, 9.17) is 0 Å². The molecule has 0 aliphatic carbocycles. The highest BCUT2D eigenvalue weighted by atomic mass is 14.9. The first-order valence-corrected chi connectivity index (χ1v) is 5.16. The first-order valence-electron chi connectivity index (χ1n) is 5.16. The minimum atomic E-state index is 1.00. The van der Waals surface area contributed by atoms with Crippen LogP contribution in [0, 0.1) is 0 Å². The summed E-state index contributed by atoms with van der Waals surface area (Å²) in [6.07, 6.45) is 6.85. The Morgan fingerprint density at radius 1 is 1.33 bits per heavy atom. The van der Waals surface area contributed by atoms with Gasteiger partial charge in [0.05, 0.1) is 12.0 Å². The maximum absolute atomic E-state index is 4.29. The van der Waals surface area contributed by atoms with Crippen molar-refractivity contribution in [3.05, 3.63) is 60.2 Å². The molecule has 0 atom stereocenters. The molecule has 15 heavy (non-hydrogen) atoms. The molecule has 2 nitrogen and oxygen atoms in total. The Balaban J connectivity index is 2.42. The summed E-state index contributed by atoms with van der Waals surface area (Å²) < 4.78 is 0. The van der Waals surface area contributed by atoms with Crippen molar-refractivity contribution in [2.75, 3.05) is 0 Å². The van der Waals surface area contributed by atoms with Crippen LogP contribution in [0.25, 0.3) is 5.57 Å². The molecule has 1 heterocycles. The molecule has 1 aromatic heterocycles. The second-order valence-corrected chi connectivity index (χ2v) is 3.35. The zero-order valence-electron chi connectivity index (χ0n) is 8.77. The summed E-state index contributed by atoms with van der Waals surface area (Å²) in [4.78, 5) is 7.27. The molecule has 2 heteroatoms. The number of rotatable bonds is 3. The smallest absolute Gasteiger partial charge is 0.0927 e. The number of aromatic amines is 1. The number of hydrogen-bond donors (Lipinski definition) is 1. The molecule has 2 aromatic rings. The number of aromatic nitrogens is 2. The van der Waals surface area contributed by atoms with Crippen LogP contribution in [0.3, 0.4) is 0 Å². The largest absolute Gasteiger partial charge is 0.351 e. The number of H-pyrrole nitrogens is 1. The summed E-state index contributed by atoms with van der Waals surface area (Å²) in [5.74, 6) is 0. The van der Waals surface area contributed by atoms with Crippen molar-refractivity contribution in [2.24, 2.45) is 0 Å². The van der Waals surface area contributed by atoms with E-state index in [9.17, 15) is 0 Å². The molecule has 1 aromatic carbocycles. The van der Waals surface area contributed by atoms with Crippen LogP contribution < -0.4 is 0 Å². The van der Waals surface area contributed by atoms with E-state index in [1.807, 2.05) is 24.4 Å². The quantitative estimate of drug-likeness (QED) is 0.805. The Kier molecular flexibility index (Phi) is 2.98. The number of nitrogens with one attached hydrogen (secondary N) is 1. The maximum Gasteiger partial charge on any atom is 0.0927 e. The first kappa shape index (κ1) is 9.71. The highest BCUT2D eigenvalue weighted by molar-refractivity contribution is 5.77. The molecule has 0 spiro atoms. The van der Waals surface area contributed by atoms with Crippen molar-refractivity contribution >= 4 is 5.57 Å². The molecule has 0 unspecified atom stereocenters. The highest BCUT2D eigenvalue weighted by Crippen LogP contribution is 2.21. The molecule has 0 aliphatic rings. The number of allylic oxidation sites excluding steroid dienone is 1. The lowest BCUT2D eigenvalue weighted by atomic mass is 10.0. The van der Waals surface area contributed by atoms with Crippen molar-refractivity contribution in [3.8, 4) is 0 Å². The van der Waals surface area contributed by atoms with Crippen molar-refractivity contribution in [1.82, 2.24) is 9.97 Å². The van der Waals surface area contributed by atoms with Crippen molar-refractivity contribution < 1.29 is 0 Å².